The molecule has 0 amide bonds. The molecule has 2 heteroatoms. The lowest BCUT2D eigenvalue weighted by Crippen LogP contribution is -2.53. The Hall–Kier alpha value is -0.0800. The molecule has 2 fully saturated rings. The van der Waals surface area contributed by atoms with E-state index in [1.165, 1.54) is 38.9 Å². The minimum absolute atomic E-state index is 0.509. The van der Waals surface area contributed by atoms with Crippen molar-refractivity contribution in [3.63, 3.8) is 0 Å². The fourth-order valence-electron chi connectivity index (χ4n) is 2.73. The first-order valence-corrected chi connectivity index (χ1v) is 6.73. The van der Waals surface area contributed by atoms with Crippen molar-refractivity contribution in [1.82, 2.24) is 9.80 Å². The monoisotopic (exact) mass is 224 g/mol. The van der Waals surface area contributed by atoms with Crippen LogP contribution >= 0.6 is 0 Å². The summed E-state index contributed by atoms with van der Waals surface area (Å²) < 4.78 is 0. The van der Waals surface area contributed by atoms with Gasteiger partial charge in [-0.15, -0.1) is 0 Å². The van der Waals surface area contributed by atoms with Crippen molar-refractivity contribution in [3.8, 4) is 0 Å². The van der Waals surface area contributed by atoms with Gasteiger partial charge in [-0.25, -0.2) is 0 Å². The van der Waals surface area contributed by atoms with Crippen molar-refractivity contribution in [1.29, 1.82) is 0 Å². The normalized spacial score (nSPS) is 25.9. The number of hydrogen-bond donors (Lipinski definition) is 0. The van der Waals surface area contributed by atoms with Gasteiger partial charge in [-0.2, -0.15) is 0 Å². The second kappa shape index (κ2) is 3.99. The van der Waals surface area contributed by atoms with Crippen LogP contribution in [0.25, 0.3) is 0 Å². The van der Waals surface area contributed by atoms with E-state index in [0.717, 1.165) is 5.92 Å². The predicted molar refractivity (Wildman–Crippen MR) is 69.7 cm³/mol. The Kier molecular flexibility index (Phi) is 3.09. The molecule has 2 nitrogen and oxygen atoms in total. The van der Waals surface area contributed by atoms with Crippen molar-refractivity contribution in [2.45, 2.75) is 45.6 Å². The number of nitrogens with zero attached hydrogens (tertiary/aromatic N) is 2. The van der Waals surface area contributed by atoms with Crippen molar-refractivity contribution in [2.24, 2.45) is 11.3 Å². The molecule has 0 aromatic rings. The van der Waals surface area contributed by atoms with Crippen LogP contribution in [0, 0.1) is 11.3 Å². The molecule has 1 aliphatic carbocycles. The first kappa shape index (κ1) is 12.4. The summed E-state index contributed by atoms with van der Waals surface area (Å²) in [5, 5.41) is 0. The number of hydrogen-bond acceptors (Lipinski definition) is 2. The van der Waals surface area contributed by atoms with Crippen molar-refractivity contribution in [3.05, 3.63) is 0 Å². The van der Waals surface area contributed by atoms with Crippen LogP contribution < -0.4 is 0 Å². The Balaban J connectivity index is 1.67. The predicted octanol–water partition coefficient (Wildman–Crippen LogP) is 2.45. The van der Waals surface area contributed by atoms with E-state index < -0.39 is 0 Å². The van der Waals surface area contributed by atoms with Crippen LogP contribution in [0.5, 0.6) is 0 Å². The highest BCUT2D eigenvalue weighted by Gasteiger charge is 2.45. The maximum Gasteiger partial charge on any atom is 0.0217 e. The van der Waals surface area contributed by atoms with Gasteiger partial charge in [-0.3, -0.25) is 0 Å². The second-order valence-corrected chi connectivity index (χ2v) is 7.19. The van der Waals surface area contributed by atoms with E-state index in [0.29, 0.717) is 11.0 Å². The van der Waals surface area contributed by atoms with Gasteiger partial charge in [0.15, 0.2) is 0 Å². The third-order valence-corrected chi connectivity index (χ3v) is 4.85. The van der Waals surface area contributed by atoms with Gasteiger partial charge in [0, 0.05) is 18.6 Å². The molecule has 0 unspecified atom stereocenters. The van der Waals surface area contributed by atoms with Gasteiger partial charge >= 0.3 is 0 Å². The SMILES string of the molecule is CN(C)C1(CCN2CC(C(C)(C)C)C2)CC1. The molecule has 1 aliphatic heterocycles. The Morgan fingerprint density at radius 3 is 2.12 bits per heavy atom. The van der Waals surface area contributed by atoms with Crippen LogP contribution in [0.4, 0.5) is 0 Å². The Bertz CT molecular complexity index is 242. The maximum absolute atomic E-state index is 2.64. The fraction of sp³-hybridized carbons (Fsp3) is 1.00. The van der Waals surface area contributed by atoms with E-state index in [9.17, 15) is 0 Å². The van der Waals surface area contributed by atoms with Gasteiger partial charge in [0.1, 0.15) is 0 Å². The second-order valence-electron chi connectivity index (χ2n) is 7.19. The van der Waals surface area contributed by atoms with Gasteiger partial charge < -0.3 is 9.80 Å². The van der Waals surface area contributed by atoms with Gasteiger partial charge in [-0.05, 0) is 51.2 Å². The zero-order chi connectivity index (χ0) is 12.0. The number of likely N-dealkylation sites (tertiary alicyclic amines) is 1. The molecule has 0 atom stereocenters. The van der Waals surface area contributed by atoms with E-state index in [2.05, 4.69) is 44.7 Å². The molecular weight excluding hydrogens is 196 g/mol. The van der Waals surface area contributed by atoms with Gasteiger partial charge in [-0.1, -0.05) is 20.8 Å². The minimum atomic E-state index is 0.509. The van der Waals surface area contributed by atoms with Gasteiger partial charge in [0.05, 0.1) is 0 Å². The molecule has 94 valence electrons. The third-order valence-electron chi connectivity index (χ3n) is 4.85. The highest BCUT2D eigenvalue weighted by Crippen LogP contribution is 2.44. The Labute approximate surface area is 101 Å². The summed E-state index contributed by atoms with van der Waals surface area (Å²) >= 11 is 0. The molecular formula is C14H28N2. The molecule has 16 heavy (non-hydrogen) atoms. The van der Waals surface area contributed by atoms with Crippen molar-refractivity contribution < 1.29 is 0 Å². The largest absolute Gasteiger partial charge is 0.304 e. The molecule has 0 radical (unpaired) electrons. The van der Waals surface area contributed by atoms with Crippen LogP contribution in [0.3, 0.4) is 0 Å². The molecule has 0 aromatic carbocycles. The summed E-state index contributed by atoms with van der Waals surface area (Å²) in [6.45, 7) is 11.1. The molecule has 1 saturated heterocycles. The van der Waals surface area contributed by atoms with Crippen molar-refractivity contribution in [2.75, 3.05) is 33.7 Å². The quantitative estimate of drug-likeness (QED) is 0.724. The Morgan fingerprint density at radius 2 is 1.75 bits per heavy atom. The summed E-state index contributed by atoms with van der Waals surface area (Å²) in [7, 11) is 4.47. The average molecular weight is 224 g/mol. The first-order chi connectivity index (χ1) is 7.33. The molecule has 0 spiro atoms. The lowest BCUT2D eigenvalue weighted by atomic mass is 9.76. The van der Waals surface area contributed by atoms with Gasteiger partial charge in [0.2, 0.25) is 0 Å². The van der Waals surface area contributed by atoms with Crippen LogP contribution in [-0.4, -0.2) is 49.1 Å². The summed E-state index contributed by atoms with van der Waals surface area (Å²) in [5.41, 5.74) is 1.09. The van der Waals surface area contributed by atoms with Crippen LogP contribution in [-0.2, 0) is 0 Å². The third kappa shape index (κ3) is 2.43. The number of rotatable bonds is 4. The van der Waals surface area contributed by atoms with Crippen molar-refractivity contribution >= 4 is 0 Å². The molecule has 0 N–H and O–H groups in total. The van der Waals surface area contributed by atoms with E-state index in [1.807, 2.05) is 0 Å². The smallest absolute Gasteiger partial charge is 0.0217 e. The molecule has 1 heterocycles. The maximum atomic E-state index is 2.64. The lowest BCUT2D eigenvalue weighted by Gasteiger charge is -2.47. The summed E-state index contributed by atoms with van der Waals surface area (Å²) in [4.78, 5) is 5.08. The zero-order valence-electron chi connectivity index (χ0n) is 11.7. The zero-order valence-corrected chi connectivity index (χ0v) is 11.7. The summed E-state index contributed by atoms with van der Waals surface area (Å²) in [6.07, 6.45) is 4.20. The molecule has 2 rings (SSSR count). The molecule has 1 saturated carbocycles. The first-order valence-electron chi connectivity index (χ1n) is 6.73. The van der Waals surface area contributed by atoms with Crippen LogP contribution in [0.2, 0.25) is 0 Å². The lowest BCUT2D eigenvalue weighted by molar-refractivity contribution is 0.0185. The van der Waals surface area contributed by atoms with E-state index >= 15 is 0 Å². The van der Waals surface area contributed by atoms with Gasteiger partial charge in [0.25, 0.3) is 0 Å². The topological polar surface area (TPSA) is 6.48 Å². The van der Waals surface area contributed by atoms with Crippen LogP contribution in [0.15, 0.2) is 0 Å². The highest BCUT2D eigenvalue weighted by atomic mass is 15.2. The minimum Gasteiger partial charge on any atom is -0.304 e. The average Bonchev–Trinajstić information content (AvgIpc) is 2.79. The fourth-order valence-corrected chi connectivity index (χ4v) is 2.73. The summed E-state index contributed by atoms with van der Waals surface area (Å²) in [5.74, 6) is 0.919. The van der Waals surface area contributed by atoms with E-state index in [-0.39, 0.29) is 0 Å². The molecule has 0 bridgehead atoms. The van der Waals surface area contributed by atoms with E-state index in [1.54, 1.807) is 0 Å². The Morgan fingerprint density at radius 1 is 1.19 bits per heavy atom. The van der Waals surface area contributed by atoms with E-state index in [4.69, 9.17) is 0 Å². The highest BCUT2D eigenvalue weighted by molar-refractivity contribution is 5.02. The van der Waals surface area contributed by atoms with Crippen LogP contribution in [0.1, 0.15) is 40.0 Å². The standard InChI is InChI=1S/C14H28N2/c1-13(2,3)12-10-16(11-12)9-8-14(6-7-14)15(4)5/h12H,6-11H2,1-5H3. The molecule has 0 aromatic heterocycles. The summed E-state index contributed by atoms with van der Waals surface area (Å²) in [6, 6.07) is 0. The molecule has 2 aliphatic rings.